The molecule has 4 nitrogen and oxygen atoms in total. The van der Waals surface area contributed by atoms with Crippen molar-refractivity contribution >= 4 is 31.6 Å². The lowest BCUT2D eigenvalue weighted by Crippen LogP contribution is -2.27. The Hall–Kier alpha value is -0.590. The van der Waals surface area contributed by atoms with Crippen molar-refractivity contribution in [2.75, 3.05) is 12.3 Å². The highest BCUT2D eigenvalue weighted by Gasteiger charge is 2.33. The topological polar surface area (TPSA) is 72.2 Å². The summed E-state index contributed by atoms with van der Waals surface area (Å²) in [7, 11) is -3.50. The Kier molecular flexibility index (Phi) is 3.47. The van der Waals surface area contributed by atoms with Crippen LogP contribution in [-0.2, 0) is 10.0 Å². The molecule has 0 saturated heterocycles. The fraction of sp³-hybridized carbons (Fsp3) is 0.455. The summed E-state index contributed by atoms with van der Waals surface area (Å²) in [5.41, 5.74) is 5.95. The smallest absolute Gasteiger partial charge is 0.242 e. The Bertz CT molecular complexity index is 530. The highest BCUT2D eigenvalue weighted by Crippen LogP contribution is 2.37. The predicted molar refractivity (Wildman–Crippen MR) is 71.0 cm³/mol. The van der Waals surface area contributed by atoms with Crippen LogP contribution in [0.5, 0.6) is 0 Å². The molecule has 0 aromatic heterocycles. The summed E-state index contributed by atoms with van der Waals surface area (Å²) in [6.07, 6.45) is 1.09. The lowest BCUT2D eigenvalue weighted by molar-refractivity contribution is 0.575. The third-order valence-electron chi connectivity index (χ3n) is 3.08. The third kappa shape index (κ3) is 3.00. The molecule has 1 fully saturated rings. The first-order valence-corrected chi connectivity index (χ1v) is 7.72. The Morgan fingerprint density at radius 2 is 2.18 bits per heavy atom. The zero-order chi connectivity index (χ0) is 12.6. The van der Waals surface area contributed by atoms with E-state index in [1.807, 2.05) is 0 Å². The molecule has 1 saturated carbocycles. The molecule has 0 bridgehead atoms. The van der Waals surface area contributed by atoms with Gasteiger partial charge >= 0.3 is 0 Å². The SMILES string of the molecule is CC1CC1CNS(=O)(=O)c1cc(Br)ccc1N. The van der Waals surface area contributed by atoms with Crippen molar-refractivity contribution in [3.8, 4) is 0 Å². The zero-order valence-corrected chi connectivity index (χ0v) is 11.9. The van der Waals surface area contributed by atoms with Gasteiger partial charge in [0.15, 0.2) is 0 Å². The molecule has 6 heteroatoms. The maximum Gasteiger partial charge on any atom is 0.242 e. The Balaban J connectivity index is 2.16. The first kappa shape index (κ1) is 12.9. The molecule has 0 radical (unpaired) electrons. The fourth-order valence-corrected chi connectivity index (χ4v) is 3.48. The van der Waals surface area contributed by atoms with Gasteiger partial charge in [0.1, 0.15) is 4.90 Å². The molecule has 1 aromatic rings. The van der Waals surface area contributed by atoms with E-state index < -0.39 is 10.0 Å². The van der Waals surface area contributed by atoms with Crippen LogP contribution in [0.4, 0.5) is 5.69 Å². The molecule has 94 valence electrons. The minimum Gasteiger partial charge on any atom is -0.398 e. The maximum atomic E-state index is 12.0. The minimum absolute atomic E-state index is 0.139. The molecule has 2 atom stereocenters. The zero-order valence-electron chi connectivity index (χ0n) is 9.48. The van der Waals surface area contributed by atoms with Crippen molar-refractivity contribution in [3.63, 3.8) is 0 Å². The van der Waals surface area contributed by atoms with Crippen molar-refractivity contribution in [1.82, 2.24) is 4.72 Å². The van der Waals surface area contributed by atoms with Gasteiger partial charge in [-0.25, -0.2) is 13.1 Å². The summed E-state index contributed by atoms with van der Waals surface area (Å²) < 4.78 is 27.4. The van der Waals surface area contributed by atoms with E-state index in [2.05, 4.69) is 27.6 Å². The van der Waals surface area contributed by atoms with Crippen LogP contribution >= 0.6 is 15.9 Å². The minimum atomic E-state index is -3.50. The molecule has 2 unspecified atom stereocenters. The van der Waals surface area contributed by atoms with Gasteiger partial charge in [0.05, 0.1) is 5.69 Å². The quantitative estimate of drug-likeness (QED) is 0.834. The number of hydrogen-bond donors (Lipinski definition) is 2. The monoisotopic (exact) mass is 318 g/mol. The second-order valence-corrected chi connectivity index (χ2v) is 7.16. The van der Waals surface area contributed by atoms with Crippen LogP contribution in [-0.4, -0.2) is 15.0 Å². The van der Waals surface area contributed by atoms with Gasteiger partial charge in [-0.2, -0.15) is 0 Å². The predicted octanol–water partition coefficient (Wildman–Crippen LogP) is 1.97. The van der Waals surface area contributed by atoms with Crippen molar-refractivity contribution in [1.29, 1.82) is 0 Å². The number of nitrogens with two attached hydrogens (primary N) is 1. The lowest BCUT2D eigenvalue weighted by atomic mass is 10.3. The number of rotatable bonds is 4. The van der Waals surface area contributed by atoms with E-state index in [0.717, 1.165) is 6.42 Å². The van der Waals surface area contributed by atoms with Crippen LogP contribution in [0.2, 0.25) is 0 Å². The Morgan fingerprint density at radius 3 is 2.76 bits per heavy atom. The van der Waals surface area contributed by atoms with E-state index in [1.165, 1.54) is 6.07 Å². The summed E-state index contributed by atoms with van der Waals surface area (Å²) in [6.45, 7) is 2.61. The van der Waals surface area contributed by atoms with E-state index >= 15 is 0 Å². The van der Waals surface area contributed by atoms with Crippen LogP contribution in [0, 0.1) is 11.8 Å². The Labute approximate surface area is 110 Å². The van der Waals surface area contributed by atoms with Crippen molar-refractivity contribution < 1.29 is 8.42 Å². The molecule has 3 N–H and O–H groups in total. The number of benzene rings is 1. The summed E-state index contributed by atoms with van der Waals surface area (Å²) in [5, 5.41) is 0. The van der Waals surface area contributed by atoms with Crippen molar-refractivity contribution in [2.45, 2.75) is 18.2 Å². The van der Waals surface area contributed by atoms with Gasteiger partial charge in [-0.05, 0) is 36.5 Å². The summed E-state index contributed by atoms with van der Waals surface area (Å²) >= 11 is 3.24. The number of hydrogen-bond acceptors (Lipinski definition) is 3. The van der Waals surface area contributed by atoms with Gasteiger partial charge in [0.2, 0.25) is 10.0 Å². The standard InChI is InChI=1S/C11H15BrN2O2S/c1-7-4-8(7)6-14-17(15,16)11-5-9(12)2-3-10(11)13/h2-3,5,7-8,14H,4,6,13H2,1H3. The molecule has 1 aromatic carbocycles. The number of anilines is 1. The van der Waals surface area contributed by atoms with Crippen LogP contribution < -0.4 is 10.5 Å². The summed E-state index contributed by atoms with van der Waals surface area (Å²) in [4.78, 5) is 0.139. The van der Waals surface area contributed by atoms with Gasteiger partial charge in [0, 0.05) is 11.0 Å². The van der Waals surface area contributed by atoms with Gasteiger partial charge in [-0.1, -0.05) is 22.9 Å². The molecule has 1 aliphatic rings. The highest BCUT2D eigenvalue weighted by atomic mass is 79.9. The van der Waals surface area contributed by atoms with E-state index in [9.17, 15) is 8.42 Å². The molecular formula is C11H15BrN2O2S. The third-order valence-corrected chi connectivity index (χ3v) is 5.05. The van der Waals surface area contributed by atoms with E-state index in [1.54, 1.807) is 12.1 Å². The van der Waals surface area contributed by atoms with Crippen LogP contribution in [0.25, 0.3) is 0 Å². The molecule has 1 aliphatic carbocycles. The molecule has 0 aliphatic heterocycles. The lowest BCUT2D eigenvalue weighted by Gasteiger charge is -2.09. The molecule has 0 heterocycles. The van der Waals surface area contributed by atoms with E-state index in [4.69, 9.17) is 5.73 Å². The molecule has 0 spiro atoms. The molecule has 0 amide bonds. The normalized spacial score (nSPS) is 23.6. The largest absolute Gasteiger partial charge is 0.398 e. The summed E-state index contributed by atoms with van der Waals surface area (Å²) in [5.74, 6) is 1.09. The van der Waals surface area contributed by atoms with Gasteiger partial charge in [-0.3, -0.25) is 0 Å². The van der Waals surface area contributed by atoms with Crippen LogP contribution in [0.1, 0.15) is 13.3 Å². The first-order valence-electron chi connectivity index (χ1n) is 5.45. The molecule has 17 heavy (non-hydrogen) atoms. The van der Waals surface area contributed by atoms with Crippen molar-refractivity contribution in [2.24, 2.45) is 11.8 Å². The molecule has 2 rings (SSSR count). The van der Waals surface area contributed by atoms with Crippen molar-refractivity contribution in [3.05, 3.63) is 22.7 Å². The van der Waals surface area contributed by atoms with Gasteiger partial charge in [-0.15, -0.1) is 0 Å². The van der Waals surface area contributed by atoms with E-state index in [0.29, 0.717) is 22.9 Å². The first-order chi connectivity index (χ1) is 7.90. The fourth-order valence-electron chi connectivity index (χ4n) is 1.72. The van der Waals surface area contributed by atoms with E-state index in [-0.39, 0.29) is 10.6 Å². The number of nitrogens with one attached hydrogen (secondary N) is 1. The second-order valence-electron chi connectivity index (χ2n) is 4.51. The van der Waals surface area contributed by atoms with Gasteiger partial charge in [0.25, 0.3) is 0 Å². The highest BCUT2D eigenvalue weighted by molar-refractivity contribution is 9.10. The Morgan fingerprint density at radius 1 is 1.53 bits per heavy atom. The van der Waals surface area contributed by atoms with Gasteiger partial charge < -0.3 is 5.73 Å². The number of halogens is 1. The average Bonchev–Trinajstić information content (AvgIpc) is 2.96. The number of nitrogen functional groups attached to an aromatic ring is 1. The molecular weight excluding hydrogens is 304 g/mol. The number of sulfonamides is 1. The summed E-state index contributed by atoms with van der Waals surface area (Å²) in [6, 6.07) is 4.82. The maximum absolute atomic E-state index is 12.0. The van der Waals surface area contributed by atoms with Crippen LogP contribution in [0.3, 0.4) is 0 Å². The second kappa shape index (κ2) is 4.59. The van der Waals surface area contributed by atoms with Crippen LogP contribution in [0.15, 0.2) is 27.6 Å². The average molecular weight is 319 g/mol.